The zero-order valence-electron chi connectivity index (χ0n) is 23.0. The summed E-state index contributed by atoms with van der Waals surface area (Å²) in [7, 11) is 0. The Kier molecular flexibility index (Phi) is 16.5. The van der Waals surface area contributed by atoms with Crippen molar-refractivity contribution in [3.05, 3.63) is 84.0 Å². The van der Waals surface area contributed by atoms with Crippen LogP contribution in [0.2, 0.25) is 0 Å². The molecule has 2 rings (SSSR count). The third-order valence-corrected chi connectivity index (χ3v) is 5.32. The van der Waals surface area contributed by atoms with Crippen molar-refractivity contribution < 1.29 is 38.0 Å². The number of esters is 2. The second-order valence-electron chi connectivity index (χ2n) is 8.40. The Labute approximate surface area is 231 Å². The Morgan fingerprint density at radius 3 is 1.33 bits per heavy atom. The smallest absolute Gasteiger partial charge is 0.330 e. The molecule has 0 aliphatic rings. The van der Waals surface area contributed by atoms with Gasteiger partial charge in [0.15, 0.2) is 0 Å². The molecule has 8 nitrogen and oxygen atoms in total. The van der Waals surface area contributed by atoms with Gasteiger partial charge in [0.05, 0.1) is 26.4 Å². The molecule has 0 radical (unpaired) electrons. The van der Waals surface area contributed by atoms with Gasteiger partial charge in [-0.05, 0) is 68.5 Å². The lowest BCUT2D eigenvalue weighted by atomic mass is 10.0. The zero-order chi connectivity index (χ0) is 28.0. The van der Waals surface area contributed by atoms with E-state index in [4.69, 9.17) is 28.4 Å². The van der Waals surface area contributed by atoms with E-state index < -0.39 is 0 Å². The maximum Gasteiger partial charge on any atom is 0.330 e. The van der Waals surface area contributed by atoms with Crippen molar-refractivity contribution in [2.24, 2.45) is 0 Å². The molecule has 8 heteroatoms. The van der Waals surface area contributed by atoms with Crippen molar-refractivity contribution in [2.75, 3.05) is 52.9 Å². The monoisotopic (exact) mass is 540 g/mol. The molecule has 0 spiro atoms. The fourth-order valence-electron chi connectivity index (χ4n) is 3.41. The third-order valence-electron chi connectivity index (χ3n) is 5.32. The van der Waals surface area contributed by atoms with Gasteiger partial charge in [-0.2, -0.15) is 0 Å². The normalized spacial score (nSPS) is 11.1. The predicted octanol–water partition coefficient (Wildman–Crippen LogP) is 4.89. The Balaban J connectivity index is 1.51. The average molecular weight is 541 g/mol. The summed E-state index contributed by atoms with van der Waals surface area (Å²) >= 11 is 0. The molecule has 212 valence electrons. The van der Waals surface area contributed by atoms with Gasteiger partial charge in [-0.25, -0.2) is 9.59 Å². The first-order chi connectivity index (χ1) is 19.1. The Morgan fingerprint density at radius 2 is 0.949 bits per heavy atom. The summed E-state index contributed by atoms with van der Waals surface area (Å²) in [6, 6.07) is 16.2. The first-order valence-electron chi connectivity index (χ1n) is 13.3. The SMILES string of the molecule is CC=CC(=O)OCCOCCOc1ccc(CCCc2ccc(OCCOCCOC(=O)C=CC)cc2)cc1. The Hall–Kier alpha value is -3.62. The fraction of sp³-hybridized carbons (Fsp3) is 0.419. The van der Waals surface area contributed by atoms with E-state index in [2.05, 4.69) is 24.3 Å². The van der Waals surface area contributed by atoms with Gasteiger partial charge in [0.2, 0.25) is 0 Å². The van der Waals surface area contributed by atoms with Crippen LogP contribution in [0.25, 0.3) is 0 Å². The Morgan fingerprint density at radius 1 is 0.564 bits per heavy atom. The molecule has 0 amide bonds. The molecule has 0 saturated carbocycles. The van der Waals surface area contributed by atoms with Crippen LogP contribution in [0.4, 0.5) is 0 Å². The number of allylic oxidation sites excluding steroid dienone is 2. The third kappa shape index (κ3) is 15.4. The summed E-state index contributed by atoms with van der Waals surface area (Å²) in [5.41, 5.74) is 2.52. The molecule has 0 aliphatic carbocycles. The lowest BCUT2D eigenvalue weighted by Crippen LogP contribution is -2.12. The van der Waals surface area contributed by atoms with E-state index in [-0.39, 0.29) is 25.2 Å². The molecule has 0 atom stereocenters. The number of benzene rings is 2. The van der Waals surface area contributed by atoms with Crippen LogP contribution in [0.3, 0.4) is 0 Å². The number of rotatable bonds is 20. The minimum Gasteiger partial charge on any atom is -0.491 e. The summed E-state index contributed by atoms with van der Waals surface area (Å²) in [5, 5.41) is 0. The summed E-state index contributed by atoms with van der Waals surface area (Å²) in [4.78, 5) is 22.3. The maximum absolute atomic E-state index is 11.2. The van der Waals surface area contributed by atoms with Crippen molar-refractivity contribution in [3.63, 3.8) is 0 Å². The van der Waals surface area contributed by atoms with E-state index in [1.54, 1.807) is 26.0 Å². The second kappa shape index (κ2) is 20.4. The van der Waals surface area contributed by atoms with Gasteiger partial charge < -0.3 is 28.4 Å². The average Bonchev–Trinajstić information content (AvgIpc) is 2.94. The molecule has 2 aromatic rings. The number of carbonyl (C=O) groups is 2. The Bertz CT molecular complexity index is 915. The van der Waals surface area contributed by atoms with Gasteiger partial charge in [0.1, 0.15) is 37.9 Å². The minimum atomic E-state index is -0.363. The van der Waals surface area contributed by atoms with Crippen molar-refractivity contribution in [3.8, 4) is 11.5 Å². The van der Waals surface area contributed by atoms with Crippen molar-refractivity contribution >= 4 is 11.9 Å². The maximum atomic E-state index is 11.2. The molecular formula is C31H40O8. The molecule has 0 bridgehead atoms. The van der Waals surface area contributed by atoms with E-state index in [1.165, 1.54) is 23.3 Å². The van der Waals surface area contributed by atoms with E-state index in [0.717, 1.165) is 30.8 Å². The number of hydrogen-bond acceptors (Lipinski definition) is 8. The fourth-order valence-corrected chi connectivity index (χ4v) is 3.41. The van der Waals surface area contributed by atoms with Crippen molar-refractivity contribution in [2.45, 2.75) is 33.1 Å². The van der Waals surface area contributed by atoms with Gasteiger partial charge >= 0.3 is 11.9 Å². The number of carbonyl (C=O) groups excluding carboxylic acids is 2. The van der Waals surface area contributed by atoms with Crippen LogP contribution in [-0.2, 0) is 41.4 Å². The summed E-state index contributed by atoms with van der Waals surface area (Å²) < 4.78 is 32.1. The molecule has 0 unspecified atom stereocenters. The van der Waals surface area contributed by atoms with Gasteiger partial charge in [-0.1, -0.05) is 36.4 Å². The van der Waals surface area contributed by atoms with Gasteiger partial charge in [-0.3, -0.25) is 0 Å². The largest absolute Gasteiger partial charge is 0.491 e. The summed E-state index contributed by atoms with van der Waals surface area (Å²) in [6.07, 6.45) is 9.02. The van der Waals surface area contributed by atoms with Crippen LogP contribution >= 0.6 is 0 Å². The minimum absolute atomic E-state index is 0.227. The lowest BCUT2D eigenvalue weighted by molar-refractivity contribution is -0.140. The number of ether oxygens (including phenoxy) is 6. The molecule has 0 saturated heterocycles. The summed E-state index contributed by atoms with van der Waals surface area (Å²) in [5.74, 6) is 0.878. The summed E-state index contributed by atoms with van der Waals surface area (Å²) in [6.45, 7) is 6.39. The van der Waals surface area contributed by atoms with Crippen LogP contribution in [0.15, 0.2) is 72.8 Å². The zero-order valence-corrected chi connectivity index (χ0v) is 23.0. The van der Waals surface area contributed by atoms with E-state index in [1.807, 2.05) is 24.3 Å². The van der Waals surface area contributed by atoms with Gasteiger partial charge in [0.25, 0.3) is 0 Å². The topological polar surface area (TPSA) is 89.5 Å². The van der Waals surface area contributed by atoms with Gasteiger partial charge in [-0.15, -0.1) is 0 Å². The highest BCUT2D eigenvalue weighted by molar-refractivity contribution is 5.82. The first kappa shape index (κ1) is 31.6. The highest BCUT2D eigenvalue weighted by Crippen LogP contribution is 2.16. The lowest BCUT2D eigenvalue weighted by Gasteiger charge is -2.09. The van der Waals surface area contributed by atoms with Crippen LogP contribution in [0.5, 0.6) is 11.5 Å². The molecule has 2 aromatic carbocycles. The van der Waals surface area contributed by atoms with E-state index in [0.29, 0.717) is 39.6 Å². The molecule has 0 heterocycles. The van der Waals surface area contributed by atoms with Crippen molar-refractivity contribution in [1.82, 2.24) is 0 Å². The van der Waals surface area contributed by atoms with E-state index >= 15 is 0 Å². The highest BCUT2D eigenvalue weighted by Gasteiger charge is 2.01. The molecule has 0 fully saturated rings. The highest BCUT2D eigenvalue weighted by atomic mass is 16.6. The quantitative estimate of drug-likeness (QED) is 0.133. The molecule has 0 aliphatic heterocycles. The van der Waals surface area contributed by atoms with Crippen LogP contribution in [0.1, 0.15) is 31.4 Å². The van der Waals surface area contributed by atoms with E-state index in [9.17, 15) is 9.59 Å². The molecule has 0 N–H and O–H groups in total. The van der Waals surface area contributed by atoms with Gasteiger partial charge in [0, 0.05) is 12.2 Å². The number of aryl methyl sites for hydroxylation is 2. The molecular weight excluding hydrogens is 500 g/mol. The van der Waals surface area contributed by atoms with Crippen molar-refractivity contribution in [1.29, 1.82) is 0 Å². The molecule has 39 heavy (non-hydrogen) atoms. The standard InChI is InChI=1S/C31H40O8/c1-3-6-30(32)38-24-20-34-18-22-36-28-14-10-26(11-15-28)8-5-9-27-12-16-29(17-13-27)37-23-19-35-21-25-39-31(33)7-4-2/h3-4,6-7,10-17H,5,8-9,18-25H2,1-2H3. The van der Waals surface area contributed by atoms with Crippen LogP contribution in [0, 0.1) is 0 Å². The second-order valence-corrected chi connectivity index (χ2v) is 8.40. The first-order valence-corrected chi connectivity index (χ1v) is 13.3. The predicted molar refractivity (Wildman–Crippen MR) is 149 cm³/mol. The van der Waals surface area contributed by atoms with Crippen LogP contribution < -0.4 is 9.47 Å². The van der Waals surface area contributed by atoms with Crippen LogP contribution in [-0.4, -0.2) is 64.8 Å². The number of hydrogen-bond donors (Lipinski definition) is 0. The molecule has 0 aromatic heterocycles.